The van der Waals surface area contributed by atoms with Gasteiger partial charge in [0.15, 0.2) is 0 Å². The Hall–Kier alpha value is -0.580. The molecule has 0 heterocycles. The van der Waals surface area contributed by atoms with Crippen LogP contribution in [0.4, 0.5) is 0 Å². The second-order valence-electron chi connectivity index (χ2n) is 2.72. The Morgan fingerprint density at radius 1 is 1.54 bits per heavy atom. The molecule has 0 aromatic heterocycles. The number of amides is 1. The first kappa shape index (κ1) is 12.4. The topological polar surface area (TPSA) is 66.4 Å². The van der Waals surface area contributed by atoms with Gasteiger partial charge in [0, 0.05) is 0 Å². The van der Waals surface area contributed by atoms with Crippen molar-refractivity contribution in [2.45, 2.75) is 31.0 Å². The summed E-state index contributed by atoms with van der Waals surface area (Å²) in [7, 11) is 0. The molecule has 0 aromatic carbocycles. The van der Waals surface area contributed by atoms with Crippen molar-refractivity contribution in [3.05, 3.63) is 0 Å². The van der Waals surface area contributed by atoms with Crippen LogP contribution in [0.1, 0.15) is 26.2 Å². The summed E-state index contributed by atoms with van der Waals surface area (Å²) < 4.78 is 0. The van der Waals surface area contributed by atoms with Gasteiger partial charge in [0.05, 0.1) is 4.83 Å². The van der Waals surface area contributed by atoms with Crippen LogP contribution in [-0.2, 0) is 9.59 Å². The minimum Gasteiger partial charge on any atom is -0.480 e. The fourth-order valence-corrected chi connectivity index (χ4v) is 1.27. The number of nitrogens with one attached hydrogen (secondary N) is 1. The van der Waals surface area contributed by atoms with Gasteiger partial charge in [-0.05, 0) is 6.42 Å². The number of carboxylic acid groups (broad SMARTS) is 1. The number of halogens is 1. The van der Waals surface area contributed by atoms with E-state index < -0.39 is 5.97 Å². The Labute approximate surface area is 85.8 Å². The molecule has 1 amide bonds. The molecule has 0 rings (SSSR count). The lowest BCUT2D eigenvalue weighted by Crippen LogP contribution is -2.34. The summed E-state index contributed by atoms with van der Waals surface area (Å²) in [5, 5.41) is 10.6. The summed E-state index contributed by atoms with van der Waals surface area (Å²) in [6.07, 6.45) is 2.71. The number of carbonyl (C=O) groups excluding carboxylic acids is 1. The number of unbranched alkanes of at least 4 members (excludes halogenated alkanes) is 1. The second-order valence-corrected chi connectivity index (χ2v) is 3.83. The van der Waals surface area contributed by atoms with Crippen LogP contribution in [0.2, 0.25) is 0 Å². The first-order valence-electron chi connectivity index (χ1n) is 4.21. The van der Waals surface area contributed by atoms with Crippen molar-refractivity contribution in [2.24, 2.45) is 0 Å². The lowest BCUT2D eigenvalue weighted by molar-refractivity contribution is -0.137. The first-order valence-corrected chi connectivity index (χ1v) is 5.13. The van der Waals surface area contributed by atoms with Crippen LogP contribution < -0.4 is 5.32 Å². The van der Waals surface area contributed by atoms with E-state index in [1.165, 1.54) is 0 Å². The van der Waals surface area contributed by atoms with Crippen molar-refractivity contribution >= 4 is 27.8 Å². The average Bonchev–Trinajstić information content (AvgIpc) is 2.10. The maximum Gasteiger partial charge on any atom is 0.322 e. The maximum atomic E-state index is 11.1. The van der Waals surface area contributed by atoms with Crippen molar-refractivity contribution in [3.8, 4) is 0 Å². The lowest BCUT2D eigenvalue weighted by Gasteiger charge is -2.07. The van der Waals surface area contributed by atoms with E-state index in [4.69, 9.17) is 5.11 Å². The third-order valence-corrected chi connectivity index (χ3v) is 2.38. The molecule has 0 fully saturated rings. The Bertz CT molecular complexity index is 184. The fourth-order valence-electron chi connectivity index (χ4n) is 0.788. The summed E-state index contributed by atoms with van der Waals surface area (Å²) in [6, 6.07) is 0. The fraction of sp³-hybridized carbons (Fsp3) is 0.750. The van der Waals surface area contributed by atoms with Crippen LogP contribution in [-0.4, -0.2) is 28.4 Å². The van der Waals surface area contributed by atoms with Crippen LogP contribution in [0, 0.1) is 0 Å². The van der Waals surface area contributed by atoms with Crippen LogP contribution in [0.3, 0.4) is 0 Å². The Morgan fingerprint density at radius 3 is 2.62 bits per heavy atom. The van der Waals surface area contributed by atoms with Crippen molar-refractivity contribution in [1.29, 1.82) is 0 Å². The SMILES string of the molecule is CCCC[C@H](Br)C(=O)NCC(=O)O. The third-order valence-electron chi connectivity index (χ3n) is 1.51. The zero-order valence-electron chi connectivity index (χ0n) is 7.55. The number of rotatable bonds is 6. The van der Waals surface area contributed by atoms with E-state index in [2.05, 4.69) is 21.2 Å². The minimum absolute atomic E-state index is 0.254. The predicted molar refractivity (Wildman–Crippen MR) is 52.9 cm³/mol. The van der Waals surface area contributed by atoms with E-state index in [9.17, 15) is 9.59 Å². The molecular weight excluding hydrogens is 238 g/mol. The van der Waals surface area contributed by atoms with Gasteiger partial charge in [0.2, 0.25) is 5.91 Å². The number of hydrogen-bond acceptors (Lipinski definition) is 2. The van der Waals surface area contributed by atoms with E-state index in [0.717, 1.165) is 19.3 Å². The van der Waals surface area contributed by atoms with E-state index in [0.29, 0.717) is 0 Å². The van der Waals surface area contributed by atoms with Gasteiger partial charge in [-0.3, -0.25) is 9.59 Å². The molecule has 1 atom stereocenters. The van der Waals surface area contributed by atoms with E-state index in [1.54, 1.807) is 0 Å². The molecule has 2 N–H and O–H groups in total. The third kappa shape index (κ3) is 6.57. The smallest absolute Gasteiger partial charge is 0.322 e. The monoisotopic (exact) mass is 251 g/mol. The summed E-state index contributed by atoms with van der Waals surface area (Å²) in [5.41, 5.74) is 0. The number of hydrogen-bond donors (Lipinski definition) is 2. The molecule has 0 saturated carbocycles. The van der Waals surface area contributed by atoms with Crippen LogP contribution in [0.5, 0.6) is 0 Å². The normalized spacial score (nSPS) is 12.2. The van der Waals surface area contributed by atoms with Gasteiger partial charge >= 0.3 is 5.97 Å². The summed E-state index contributed by atoms with van der Waals surface area (Å²) in [4.78, 5) is 21.0. The highest BCUT2D eigenvalue weighted by atomic mass is 79.9. The minimum atomic E-state index is -1.02. The molecule has 0 bridgehead atoms. The molecule has 4 nitrogen and oxygen atoms in total. The first-order chi connectivity index (χ1) is 6.07. The highest BCUT2D eigenvalue weighted by Crippen LogP contribution is 2.09. The van der Waals surface area contributed by atoms with Gasteiger partial charge in [0.25, 0.3) is 0 Å². The molecule has 0 aliphatic carbocycles. The highest BCUT2D eigenvalue weighted by Gasteiger charge is 2.13. The zero-order chi connectivity index (χ0) is 10.3. The zero-order valence-corrected chi connectivity index (χ0v) is 9.13. The van der Waals surface area contributed by atoms with E-state index in [-0.39, 0.29) is 17.3 Å². The number of carbonyl (C=O) groups is 2. The second kappa shape index (κ2) is 6.88. The Kier molecular flexibility index (Phi) is 6.58. The van der Waals surface area contributed by atoms with Gasteiger partial charge in [-0.1, -0.05) is 35.7 Å². The quantitative estimate of drug-likeness (QED) is 0.696. The molecule has 0 radical (unpaired) electrons. The summed E-state index contributed by atoms with van der Waals surface area (Å²) >= 11 is 3.19. The highest BCUT2D eigenvalue weighted by molar-refractivity contribution is 9.10. The predicted octanol–water partition coefficient (Wildman–Crippen LogP) is 1.14. The van der Waals surface area contributed by atoms with Crippen molar-refractivity contribution in [3.63, 3.8) is 0 Å². The van der Waals surface area contributed by atoms with Gasteiger partial charge in [-0.15, -0.1) is 0 Å². The Balaban J connectivity index is 3.63. The van der Waals surface area contributed by atoms with Gasteiger partial charge in [-0.25, -0.2) is 0 Å². The summed E-state index contributed by atoms with van der Waals surface area (Å²) in [5.74, 6) is -1.28. The molecule has 0 spiro atoms. The molecular formula is C8H14BrNO3. The van der Waals surface area contributed by atoms with E-state index >= 15 is 0 Å². The summed E-state index contributed by atoms with van der Waals surface area (Å²) in [6.45, 7) is 1.72. The van der Waals surface area contributed by atoms with Crippen molar-refractivity contribution in [2.75, 3.05) is 6.54 Å². The van der Waals surface area contributed by atoms with Crippen molar-refractivity contribution < 1.29 is 14.7 Å². The van der Waals surface area contributed by atoms with Crippen LogP contribution >= 0.6 is 15.9 Å². The van der Waals surface area contributed by atoms with Crippen LogP contribution in [0.25, 0.3) is 0 Å². The van der Waals surface area contributed by atoms with Gasteiger partial charge < -0.3 is 10.4 Å². The average molecular weight is 252 g/mol. The lowest BCUT2D eigenvalue weighted by atomic mass is 10.2. The van der Waals surface area contributed by atoms with Crippen molar-refractivity contribution in [1.82, 2.24) is 5.32 Å². The number of aliphatic carboxylic acids is 1. The molecule has 0 aliphatic rings. The number of alkyl halides is 1. The van der Waals surface area contributed by atoms with E-state index in [1.807, 2.05) is 6.92 Å². The standard InChI is InChI=1S/C8H14BrNO3/c1-2-3-4-6(9)8(13)10-5-7(11)12/h6H,2-5H2,1H3,(H,10,13)(H,11,12)/t6-/m0/s1. The van der Waals surface area contributed by atoms with Gasteiger partial charge in [0.1, 0.15) is 6.54 Å². The number of carboxylic acids is 1. The molecule has 0 unspecified atom stereocenters. The molecule has 5 heteroatoms. The Morgan fingerprint density at radius 2 is 2.15 bits per heavy atom. The molecule has 0 saturated heterocycles. The van der Waals surface area contributed by atoms with Crippen LogP contribution in [0.15, 0.2) is 0 Å². The molecule has 0 aliphatic heterocycles. The van der Waals surface area contributed by atoms with Gasteiger partial charge in [-0.2, -0.15) is 0 Å². The largest absolute Gasteiger partial charge is 0.480 e. The molecule has 0 aromatic rings. The maximum absolute atomic E-state index is 11.1. The molecule has 13 heavy (non-hydrogen) atoms. The molecule has 76 valence electrons.